The molecule has 384 valence electrons. The molecular formula is C62H100O6. The van der Waals surface area contributed by atoms with E-state index in [0.717, 1.165) is 154 Å². The van der Waals surface area contributed by atoms with E-state index in [4.69, 9.17) is 14.2 Å². The van der Waals surface area contributed by atoms with Crippen LogP contribution in [0.4, 0.5) is 0 Å². The van der Waals surface area contributed by atoms with E-state index in [1.807, 2.05) is 0 Å². The van der Waals surface area contributed by atoms with Gasteiger partial charge in [0.2, 0.25) is 0 Å². The van der Waals surface area contributed by atoms with Crippen LogP contribution in [0.15, 0.2) is 122 Å². The topological polar surface area (TPSA) is 78.9 Å². The molecule has 0 aromatic heterocycles. The summed E-state index contributed by atoms with van der Waals surface area (Å²) in [4.78, 5) is 37.6. The third-order valence-electron chi connectivity index (χ3n) is 11.2. The van der Waals surface area contributed by atoms with Gasteiger partial charge in [-0.1, -0.05) is 219 Å². The molecule has 0 saturated heterocycles. The second kappa shape index (κ2) is 55.4. The van der Waals surface area contributed by atoms with Gasteiger partial charge in [0.1, 0.15) is 13.2 Å². The Labute approximate surface area is 418 Å². The molecule has 0 bridgehead atoms. The second-order valence-corrected chi connectivity index (χ2v) is 17.8. The summed E-state index contributed by atoms with van der Waals surface area (Å²) in [6.45, 7) is 6.37. The highest BCUT2D eigenvalue weighted by Crippen LogP contribution is 2.13. The second-order valence-electron chi connectivity index (χ2n) is 17.8. The molecule has 0 radical (unpaired) electrons. The van der Waals surface area contributed by atoms with Crippen molar-refractivity contribution < 1.29 is 28.6 Å². The third-order valence-corrected chi connectivity index (χ3v) is 11.2. The van der Waals surface area contributed by atoms with Gasteiger partial charge in [-0.25, -0.2) is 0 Å². The van der Waals surface area contributed by atoms with Crippen molar-refractivity contribution in [3.63, 3.8) is 0 Å². The molecule has 0 aliphatic rings. The number of allylic oxidation sites excluding steroid dienone is 20. The Morgan fingerprint density at radius 1 is 0.309 bits per heavy atom. The molecule has 0 spiro atoms. The summed E-state index contributed by atoms with van der Waals surface area (Å²) in [5, 5.41) is 0. The van der Waals surface area contributed by atoms with Gasteiger partial charge in [0.05, 0.1) is 0 Å². The van der Waals surface area contributed by atoms with Crippen LogP contribution in [0, 0.1) is 0 Å². The lowest BCUT2D eigenvalue weighted by atomic mass is 10.1. The highest BCUT2D eigenvalue weighted by atomic mass is 16.6. The fraction of sp³-hybridized carbons (Fsp3) is 0.629. The van der Waals surface area contributed by atoms with Crippen molar-refractivity contribution in [1.29, 1.82) is 0 Å². The van der Waals surface area contributed by atoms with Crippen LogP contribution >= 0.6 is 0 Å². The monoisotopic (exact) mass is 941 g/mol. The van der Waals surface area contributed by atoms with Crippen molar-refractivity contribution in [2.45, 2.75) is 239 Å². The number of rotatable bonds is 48. The number of hydrogen-bond acceptors (Lipinski definition) is 6. The first kappa shape index (κ1) is 63.8. The van der Waals surface area contributed by atoms with Gasteiger partial charge >= 0.3 is 17.9 Å². The molecule has 0 N–H and O–H groups in total. The zero-order valence-electron chi connectivity index (χ0n) is 43.8. The van der Waals surface area contributed by atoms with Crippen LogP contribution in [0.1, 0.15) is 233 Å². The van der Waals surface area contributed by atoms with E-state index in [1.165, 1.54) is 38.5 Å². The average molecular weight is 941 g/mol. The lowest BCUT2D eigenvalue weighted by Crippen LogP contribution is -2.30. The predicted molar refractivity (Wildman–Crippen MR) is 293 cm³/mol. The van der Waals surface area contributed by atoms with Crippen LogP contribution in [0.5, 0.6) is 0 Å². The molecule has 0 heterocycles. The largest absolute Gasteiger partial charge is 0.462 e. The zero-order valence-corrected chi connectivity index (χ0v) is 43.8. The molecule has 0 aromatic rings. The molecule has 0 fully saturated rings. The maximum atomic E-state index is 12.7. The van der Waals surface area contributed by atoms with Crippen molar-refractivity contribution in [2.24, 2.45) is 0 Å². The first-order valence-corrected chi connectivity index (χ1v) is 27.5. The molecule has 6 nitrogen and oxygen atoms in total. The highest BCUT2D eigenvalue weighted by Gasteiger charge is 2.19. The Kier molecular flexibility index (Phi) is 52.0. The number of unbranched alkanes of at least 4 members (excludes halogenated alkanes) is 17. The molecule has 0 aliphatic carbocycles. The number of ether oxygens (including phenoxy) is 3. The van der Waals surface area contributed by atoms with Gasteiger partial charge in [0.15, 0.2) is 6.10 Å². The minimum Gasteiger partial charge on any atom is -0.462 e. The quantitative estimate of drug-likeness (QED) is 0.0262. The van der Waals surface area contributed by atoms with E-state index < -0.39 is 6.10 Å². The highest BCUT2D eigenvalue weighted by molar-refractivity contribution is 5.71. The molecule has 0 amide bonds. The van der Waals surface area contributed by atoms with Crippen molar-refractivity contribution in [3.05, 3.63) is 122 Å². The SMILES string of the molecule is CC/C=C\C/C=C\C/C=C\C/C=C\C/C=C\C/C=C\C/C=C\C/C=C\C/C=C\CCCCCCCC(=O)OCC(COC(=O)CCCCCCC)OC(=O)CCCCCCC/C=C\CCCCC. The molecule has 0 aliphatic heterocycles. The van der Waals surface area contributed by atoms with E-state index in [1.54, 1.807) is 0 Å². The van der Waals surface area contributed by atoms with Crippen molar-refractivity contribution in [3.8, 4) is 0 Å². The van der Waals surface area contributed by atoms with Gasteiger partial charge < -0.3 is 14.2 Å². The standard InChI is InChI=1S/C62H100O6/c1-4-7-10-13-15-17-19-21-22-23-24-25-26-27-28-29-30-31-32-33-34-35-36-37-38-39-40-41-43-44-46-49-52-55-61(64)67-58-59(57-66-60(63)54-51-48-12-9-6-3)68-62(65)56-53-50-47-45-42-20-18-16-14-11-8-5-2/h7,10,15-18,21-22,24-25,27-28,30-31,33-34,36-37,39-40,59H,4-6,8-9,11-14,19-20,23,26,29,32,35,38,41-58H2,1-3H3/b10-7-,17-15-,18-16-,22-21-,25-24-,28-27-,31-30-,34-33-,37-36-,40-39-. The fourth-order valence-electron chi connectivity index (χ4n) is 7.07. The van der Waals surface area contributed by atoms with Crippen LogP contribution in [-0.2, 0) is 28.6 Å². The molecule has 0 saturated carbocycles. The summed E-state index contributed by atoms with van der Waals surface area (Å²) in [5.41, 5.74) is 0. The predicted octanol–water partition coefficient (Wildman–Crippen LogP) is 18.5. The lowest BCUT2D eigenvalue weighted by molar-refractivity contribution is -0.167. The van der Waals surface area contributed by atoms with Crippen LogP contribution in [0.25, 0.3) is 0 Å². The molecule has 1 unspecified atom stereocenters. The number of esters is 3. The lowest BCUT2D eigenvalue weighted by Gasteiger charge is -2.18. The van der Waals surface area contributed by atoms with Crippen molar-refractivity contribution in [2.75, 3.05) is 13.2 Å². The van der Waals surface area contributed by atoms with Crippen LogP contribution < -0.4 is 0 Å². The zero-order chi connectivity index (χ0) is 49.3. The van der Waals surface area contributed by atoms with Gasteiger partial charge in [-0.2, -0.15) is 0 Å². The number of hydrogen-bond donors (Lipinski definition) is 0. The van der Waals surface area contributed by atoms with Crippen LogP contribution in [-0.4, -0.2) is 37.2 Å². The molecule has 1 atom stereocenters. The van der Waals surface area contributed by atoms with Gasteiger partial charge in [-0.05, 0) is 116 Å². The Balaban J connectivity index is 4.12. The Bertz CT molecular complexity index is 1450. The number of carbonyl (C=O) groups excluding carboxylic acids is 3. The first-order valence-electron chi connectivity index (χ1n) is 27.5. The van der Waals surface area contributed by atoms with Crippen molar-refractivity contribution in [1.82, 2.24) is 0 Å². The smallest absolute Gasteiger partial charge is 0.306 e. The van der Waals surface area contributed by atoms with Gasteiger partial charge in [0, 0.05) is 19.3 Å². The molecule has 6 heteroatoms. The maximum absolute atomic E-state index is 12.7. The summed E-state index contributed by atoms with van der Waals surface area (Å²) in [6.07, 6.45) is 76.6. The number of carbonyl (C=O) groups is 3. The van der Waals surface area contributed by atoms with Crippen molar-refractivity contribution >= 4 is 17.9 Å². The summed E-state index contributed by atoms with van der Waals surface area (Å²) in [5.74, 6) is -0.940. The molecular weight excluding hydrogens is 841 g/mol. The molecule has 0 aromatic carbocycles. The Morgan fingerprint density at radius 2 is 0.574 bits per heavy atom. The van der Waals surface area contributed by atoms with Crippen LogP contribution in [0.2, 0.25) is 0 Å². The molecule has 0 rings (SSSR count). The van der Waals surface area contributed by atoms with E-state index in [9.17, 15) is 14.4 Å². The summed E-state index contributed by atoms with van der Waals surface area (Å²) >= 11 is 0. The Hall–Kier alpha value is -4.19. The van der Waals surface area contributed by atoms with Gasteiger partial charge in [0.25, 0.3) is 0 Å². The molecule has 68 heavy (non-hydrogen) atoms. The van der Waals surface area contributed by atoms with E-state index >= 15 is 0 Å². The summed E-state index contributed by atoms with van der Waals surface area (Å²) < 4.78 is 16.6. The van der Waals surface area contributed by atoms with Crippen LogP contribution in [0.3, 0.4) is 0 Å². The first-order chi connectivity index (χ1) is 33.5. The maximum Gasteiger partial charge on any atom is 0.306 e. The van der Waals surface area contributed by atoms with Gasteiger partial charge in [-0.15, -0.1) is 0 Å². The summed E-state index contributed by atoms with van der Waals surface area (Å²) in [7, 11) is 0. The minimum atomic E-state index is -0.787. The fourth-order valence-corrected chi connectivity index (χ4v) is 7.07. The van der Waals surface area contributed by atoms with E-state index in [-0.39, 0.29) is 31.1 Å². The van der Waals surface area contributed by atoms with E-state index in [2.05, 4.69) is 142 Å². The van der Waals surface area contributed by atoms with E-state index in [0.29, 0.717) is 19.3 Å². The van der Waals surface area contributed by atoms with Gasteiger partial charge in [-0.3, -0.25) is 14.4 Å². The minimum absolute atomic E-state index is 0.0901. The normalized spacial score (nSPS) is 13.0. The third kappa shape index (κ3) is 52.8. The summed E-state index contributed by atoms with van der Waals surface area (Å²) in [6, 6.07) is 0. The Morgan fingerprint density at radius 3 is 0.941 bits per heavy atom. The average Bonchev–Trinajstić information content (AvgIpc) is 3.34.